The second-order valence-corrected chi connectivity index (χ2v) is 6.46. The van der Waals surface area contributed by atoms with Gasteiger partial charge < -0.3 is 10.6 Å². The Morgan fingerprint density at radius 3 is 2.83 bits per heavy atom. The minimum atomic E-state index is 0. The van der Waals surface area contributed by atoms with Crippen molar-refractivity contribution in [3.63, 3.8) is 0 Å². The standard InChI is InChI=1S/C17H20N4O.ClH/c18-14-5-1-3-11-9-21(10-13(11)14)17(22)12-4-2-6-15-16(12)20-8-7-19-15;/h2,4,6-8,11,13-14H,1,3,5,9-10,18H2;1H. The average molecular weight is 333 g/mol. The summed E-state index contributed by atoms with van der Waals surface area (Å²) in [5.74, 6) is 1.08. The van der Waals surface area contributed by atoms with Crippen molar-refractivity contribution < 1.29 is 4.79 Å². The van der Waals surface area contributed by atoms with Gasteiger partial charge in [-0.1, -0.05) is 12.5 Å². The Morgan fingerprint density at radius 2 is 2.00 bits per heavy atom. The SMILES string of the molecule is Cl.NC1CCCC2CN(C(=O)c3cccc4nccnc34)CC12. The number of rotatable bonds is 1. The van der Waals surface area contributed by atoms with Crippen molar-refractivity contribution in [2.24, 2.45) is 17.6 Å². The lowest BCUT2D eigenvalue weighted by Crippen LogP contribution is -2.38. The van der Waals surface area contributed by atoms with Crippen LogP contribution in [0.5, 0.6) is 0 Å². The van der Waals surface area contributed by atoms with Gasteiger partial charge >= 0.3 is 0 Å². The molecule has 2 fully saturated rings. The third-order valence-corrected chi connectivity index (χ3v) is 5.17. The van der Waals surface area contributed by atoms with Gasteiger partial charge in [-0.25, -0.2) is 0 Å². The monoisotopic (exact) mass is 332 g/mol. The fourth-order valence-electron chi connectivity index (χ4n) is 4.02. The van der Waals surface area contributed by atoms with Gasteiger partial charge in [0.05, 0.1) is 11.1 Å². The van der Waals surface area contributed by atoms with Crippen LogP contribution >= 0.6 is 12.4 Å². The highest BCUT2D eigenvalue weighted by atomic mass is 35.5. The van der Waals surface area contributed by atoms with E-state index in [1.807, 2.05) is 23.1 Å². The van der Waals surface area contributed by atoms with Gasteiger partial charge in [-0.15, -0.1) is 12.4 Å². The number of nitrogens with two attached hydrogens (primary N) is 1. The van der Waals surface area contributed by atoms with E-state index in [4.69, 9.17) is 5.73 Å². The van der Waals surface area contributed by atoms with E-state index in [9.17, 15) is 4.79 Å². The van der Waals surface area contributed by atoms with Crippen molar-refractivity contribution in [2.45, 2.75) is 25.3 Å². The highest BCUT2D eigenvalue weighted by molar-refractivity contribution is 6.04. The van der Waals surface area contributed by atoms with Crippen molar-refractivity contribution in [1.82, 2.24) is 14.9 Å². The van der Waals surface area contributed by atoms with Crippen LogP contribution in [0.1, 0.15) is 29.6 Å². The smallest absolute Gasteiger partial charge is 0.256 e. The Morgan fingerprint density at radius 1 is 1.17 bits per heavy atom. The number of benzene rings is 1. The van der Waals surface area contributed by atoms with Gasteiger partial charge in [0.1, 0.15) is 5.52 Å². The van der Waals surface area contributed by atoms with Crippen LogP contribution in [0.3, 0.4) is 0 Å². The molecule has 0 radical (unpaired) electrons. The maximum absolute atomic E-state index is 12.9. The fourth-order valence-corrected chi connectivity index (χ4v) is 4.02. The summed E-state index contributed by atoms with van der Waals surface area (Å²) in [7, 11) is 0. The predicted octanol–water partition coefficient (Wildman–Crippen LogP) is 2.25. The largest absolute Gasteiger partial charge is 0.338 e. The van der Waals surface area contributed by atoms with Crippen LogP contribution in [-0.2, 0) is 0 Å². The molecule has 1 aromatic heterocycles. The van der Waals surface area contributed by atoms with Crippen LogP contribution in [0.4, 0.5) is 0 Å². The molecule has 2 N–H and O–H groups in total. The van der Waals surface area contributed by atoms with Crippen LogP contribution in [0.2, 0.25) is 0 Å². The Kier molecular flexibility index (Phi) is 4.50. The summed E-state index contributed by atoms with van der Waals surface area (Å²) in [4.78, 5) is 23.5. The zero-order chi connectivity index (χ0) is 15.1. The average Bonchev–Trinajstić information content (AvgIpc) is 2.99. The maximum Gasteiger partial charge on any atom is 0.256 e. The minimum Gasteiger partial charge on any atom is -0.338 e. The second-order valence-electron chi connectivity index (χ2n) is 6.46. The van der Waals surface area contributed by atoms with Crippen LogP contribution in [-0.4, -0.2) is 39.9 Å². The van der Waals surface area contributed by atoms with Crippen molar-refractivity contribution in [3.8, 4) is 0 Å². The molecule has 5 nitrogen and oxygen atoms in total. The number of hydrogen-bond acceptors (Lipinski definition) is 4. The molecule has 2 aliphatic rings. The molecule has 1 saturated heterocycles. The van der Waals surface area contributed by atoms with Crippen molar-refractivity contribution in [2.75, 3.05) is 13.1 Å². The van der Waals surface area contributed by atoms with Gasteiger partial charge in [0.25, 0.3) is 5.91 Å². The molecule has 1 aliphatic heterocycles. The first-order valence-corrected chi connectivity index (χ1v) is 7.98. The molecule has 3 unspecified atom stereocenters. The molecule has 0 spiro atoms. The van der Waals surface area contributed by atoms with Gasteiger partial charge in [0.15, 0.2) is 0 Å². The van der Waals surface area contributed by atoms with Gasteiger partial charge in [0.2, 0.25) is 0 Å². The number of carbonyl (C=O) groups is 1. The zero-order valence-corrected chi connectivity index (χ0v) is 13.7. The zero-order valence-electron chi connectivity index (χ0n) is 12.9. The molecule has 23 heavy (non-hydrogen) atoms. The molecule has 3 atom stereocenters. The quantitative estimate of drug-likeness (QED) is 0.869. The van der Waals surface area contributed by atoms with Gasteiger partial charge in [0, 0.05) is 31.5 Å². The molecule has 122 valence electrons. The highest BCUT2D eigenvalue weighted by Crippen LogP contribution is 2.36. The molecule has 1 saturated carbocycles. The van der Waals surface area contributed by atoms with Crippen LogP contribution < -0.4 is 5.73 Å². The van der Waals surface area contributed by atoms with Crippen LogP contribution in [0.25, 0.3) is 11.0 Å². The first-order chi connectivity index (χ1) is 10.7. The number of amides is 1. The maximum atomic E-state index is 12.9. The van der Waals surface area contributed by atoms with E-state index in [-0.39, 0.29) is 24.4 Å². The Bertz CT molecular complexity index is 717. The third-order valence-electron chi connectivity index (χ3n) is 5.17. The lowest BCUT2D eigenvalue weighted by Gasteiger charge is -2.29. The van der Waals surface area contributed by atoms with E-state index in [0.29, 0.717) is 22.9 Å². The van der Waals surface area contributed by atoms with E-state index in [0.717, 1.165) is 25.0 Å². The number of nitrogens with zero attached hydrogens (tertiary/aromatic N) is 3. The minimum absolute atomic E-state index is 0. The summed E-state index contributed by atoms with van der Waals surface area (Å²) in [6, 6.07) is 5.85. The lowest BCUT2D eigenvalue weighted by molar-refractivity contribution is 0.0785. The van der Waals surface area contributed by atoms with E-state index in [2.05, 4.69) is 9.97 Å². The lowest BCUT2D eigenvalue weighted by atomic mass is 9.78. The molecular formula is C17H21ClN4O. The number of para-hydroxylation sites is 1. The summed E-state index contributed by atoms with van der Waals surface area (Å²) in [6.45, 7) is 1.61. The normalized spacial score (nSPS) is 26.7. The van der Waals surface area contributed by atoms with Gasteiger partial charge in [-0.2, -0.15) is 0 Å². The first-order valence-electron chi connectivity index (χ1n) is 7.98. The first kappa shape index (κ1) is 16.1. The molecule has 1 aromatic carbocycles. The number of hydrogen-bond donors (Lipinski definition) is 1. The Labute approximate surface area is 141 Å². The van der Waals surface area contributed by atoms with E-state index >= 15 is 0 Å². The number of likely N-dealkylation sites (tertiary alicyclic amines) is 1. The van der Waals surface area contributed by atoms with Crippen molar-refractivity contribution in [3.05, 3.63) is 36.2 Å². The molecule has 2 heterocycles. The van der Waals surface area contributed by atoms with Crippen LogP contribution in [0, 0.1) is 11.8 Å². The molecule has 1 amide bonds. The summed E-state index contributed by atoms with van der Waals surface area (Å²) >= 11 is 0. The summed E-state index contributed by atoms with van der Waals surface area (Å²) < 4.78 is 0. The molecule has 0 bridgehead atoms. The predicted molar refractivity (Wildman–Crippen MR) is 91.5 cm³/mol. The number of fused-ring (bicyclic) bond motifs is 2. The van der Waals surface area contributed by atoms with Gasteiger partial charge in [-0.3, -0.25) is 14.8 Å². The Hall–Kier alpha value is -1.72. The number of halogens is 1. The summed E-state index contributed by atoms with van der Waals surface area (Å²) in [5, 5.41) is 0. The molecule has 1 aliphatic carbocycles. The number of aromatic nitrogens is 2. The van der Waals surface area contributed by atoms with Crippen molar-refractivity contribution in [1.29, 1.82) is 0 Å². The number of carbonyl (C=O) groups excluding carboxylic acids is 1. The fraction of sp³-hybridized carbons (Fsp3) is 0.471. The topological polar surface area (TPSA) is 72.1 Å². The van der Waals surface area contributed by atoms with Gasteiger partial charge in [-0.05, 0) is 36.8 Å². The second kappa shape index (κ2) is 6.42. The third kappa shape index (κ3) is 2.79. The summed E-state index contributed by atoms with van der Waals surface area (Å²) in [6.07, 6.45) is 6.75. The molecule has 2 aromatic rings. The van der Waals surface area contributed by atoms with Crippen LogP contribution in [0.15, 0.2) is 30.6 Å². The van der Waals surface area contributed by atoms with E-state index in [1.165, 1.54) is 12.8 Å². The Balaban J connectivity index is 0.00000156. The molecule has 4 rings (SSSR count). The van der Waals surface area contributed by atoms with E-state index in [1.54, 1.807) is 12.4 Å². The summed E-state index contributed by atoms with van der Waals surface area (Å²) in [5.41, 5.74) is 8.36. The van der Waals surface area contributed by atoms with E-state index < -0.39 is 0 Å². The molecule has 6 heteroatoms. The highest BCUT2D eigenvalue weighted by Gasteiger charge is 2.40. The van der Waals surface area contributed by atoms with Crippen molar-refractivity contribution >= 4 is 29.3 Å². The molecular weight excluding hydrogens is 312 g/mol.